The lowest BCUT2D eigenvalue weighted by atomic mass is 9.80. The van der Waals surface area contributed by atoms with E-state index in [1.165, 1.54) is 21.0 Å². The first-order valence-electron chi connectivity index (χ1n) is 8.91. The van der Waals surface area contributed by atoms with E-state index in [2.05, 4.69) is 5.32 Å². The molecule has 1 heterocycles. The van der Waals surface area contributed by atoms with Crippen LogP contribution in [-0.4, -0.2) is 31.4 Å². The van der Waals surface area contributed by atoms with Gasteiger partial charge in [0.25, 0.3) is 0 Å². The summed E-state index contributed by atoms with van der Waals surface area (Å²) in [5.74, 6) is -1.65. The van der Waals surface area contributed by atoms with E-state index in [-0.39, 0.29) is 17.4 Å². The Hall–Kier alpha value is -2.31. The molecule has 1 aromatic carbocycles. The predicted molar refractivity (Wildman–Crippen MR) is 113 cm³/mol. The Morgan fingerprint density at radius 1 is 1.03 bits per heavy atom. The Labute approximate surface area is 180 Å². The summed E-state index contributed by atoms with van der Waals surface area (Å²) >= 11 is 12.5. The molecular formula is C21H25Cl2NO5. The maximum Gasteiger partial charge on any atom is 0.336 e. The van der Waals surface area contributed by atoms with E-state index < -0.39 is 17.9 Å². The van der Waals surface area contributed by atoms with Crippen LogP contribution >= 0.6 is 23.2 Å². The molecule has 0 amide bonds. The fourth-order valence-corrected chi connectivity index (χ4v) is 3.33. The molecule has 6 nitrogen and oxygen atoms in total. The zero-order chi connectivity index (χ0) is 22.3. The van der Waals surface area contributed by atoms with Crippen LogP contribution < -0.4 is 5.32 Å². The van der Waals surface area contributed by atoms with E-state index in [1.54, 1.807) is 39.0 Å². The Morgan fingerprint density at radius 2 is 1.55 bits per heavy atom. The first kappa shape index (κ1) is 24.7. The highest BCUT2D eigenvalue weighted by Gasteiger charge is 2.38. The second kappa shape index (κ2) is 11.0. The predicted octanol–water partition coefficient (Wildman–Crippen LogP) is 4.56. The van der Waals surface area contributed by atoms with Crippen LogP contribution in [0.1, 0.15) is 46.1 Å². The molecule has 29 heavy (non-hydrogen) atoms. The normalized spacial score (nSPS) is 15.8. The molecule has 8 heteroatoms. The van der Waals surface area contributed by atoms with Gasteiger partial charge in [-0.3, -0.25) is 0 Å². The number of Topliss-reactive ketones (excluding diaryl/α,β-unsaturated/α-hetero) is 1. The van der Waals surface area contributed by atoms with Crippen molar-refractivity contribution in [2.24, 2.45) is 0 Å². The molecule has 1 aromatic rings. The molecule has 0 saturated heterocycles. The Kier molecular flexibility index (Phi) is 9.40. The quantitative estimate of drug-likeness (QED) is 0.689. The van der Waals surface area contributed by atoms with E-state index in [0.717, 1.165) is 0 Å². The number of esters is 2. The van der Waals surface area contributed by atoms with Crippen LogP contribution in [0, 0.1) is 0 Å². The molecular weight excluding hydrogens is 417 g/mol. The number of hydrogen-bond acceptors (Lipinski definition) is 6. The van der Waals surface area contributed by atoms with Crippen LogP contribution in [-0.2, 0) is 23.9 Å². The van der Waals surface area contributed by atoms with Gasteiger partial charge in [0.2, 0.25) is 0 Å². The summed E-state index contributed by atoms with van der Waals surface area (Å²) in [5.41, 5.74) is 2.30. The number of benzene rings is 1. The topological polar surface area (TPSA) is 81.7 Å². The SMILES string of the molecule is CC(C)=O.CCOC(=O)C1=C(C)NC(C)=C(C(=O)OC)[C@H]1c1cccc(Cl)c1Cl. The molecule has 0 aliphatic carbocycles. The van der Waals surface area contributed by atoms with Crippen molar-refractivity contribution in [1.82, 2.24) is 5.32 Å². The minimum absolute atomic E-state index is 0.167. The number of ether oxygens (including phenoxy) is 2. The second-order valence-electron chi connectivity index (χ2n) is 6.40. The lowest BCUT2D eigenvalue weighted by Crippen LogP contribution is -2.32. The fourth-order valence-electron chi connectivity index (χ4n) is 2.91. The molecule has 0 radical (unpaired) electrons. The number of nitrogens with one attached hydrogen (secondary N) is 1. The summed E-state index contributed by atoms with van der Waals surface area (Å²) in [4.78, 5) is 34.4. The van der Waals surface area contributed by atoms with E-state index in [4.69, 9.17) is 32.7 Å². The summed E-state index contributed by atoms with van der Waals surface area (Å²) in [6.45, 7) is 8.47. The largest absolute Gasteiger partial charge is 0.466 e. The molecule has 0 unspecified atom stereocenters. The third kappa shape index (κ3) is 6.08. The Bertz CT molecular complexity index is 870. The molecule has 1 N–H and O–H groups in total. The van der Waals surface area contributed by atoms with Gasteiger partial charge in [-0.1, -0.05) is 35.3 Å². The zero-order valence-electron chi connectivity index (χ0n) is 17.3. The number of halogens is 2. The molecule has 0 spiro atoms. The number of rotatable bonds is 4. The number of allylic oxidation sites excluding steroid dienone is 2. The molecule has 0 fully saturated rings. The molecule has 0 bridgehead atoms. The number of carbonyl (C=O) groups is 3. The fraction of sp³-hybridized carbons (Fsp3) is 0.381. The molecule has 0 saturated carbocycles. The number of ketones is 1. The lowest BCUT2D eigenvalue weighted by molar-refractivity contribution is -0.139. The molecule has 2 rings (SSSR count). The monoisotopic (exact) mass is 441 g/mol. The van der Waals surface area contributed by atoms with Crippen molar-refractivity contribution in [3.05, 3.63) is 56.3 Å². The highest BCUT2D eigenvalue weighted by Crippen LogP contribution is 2.43. The van der Waals surface area contributed by atoms with E-state index in [1.807, 2.05) is 0 Å². The first-order valence-corrected chi connectivity index (χ1v) is 9.67. The van der Waals surface area contributed by atoms with Crippen molar-refractivity contribution in [3.63, 3.8) is 0 Å². The van der Waals surface area contributed by atoms with E-state index >= 15 is 0 Å². The van der Waals surface area contributed by atoms with Gasteiger partial charge in [0.05, 0.1) is 40.8 Å². The van der Waals surface area contributed by atoms with Crippen molar-refractivity contribution in [3.8, 4) is 0 Å². The van der Waals surface area contributed by atoms with Gasteiger partial charge in [-0.05, 0) is 46.2 Å². The van der Waals surface area contributed by atoms with Gasteiger partial charge >= 0.3 is 11.9 Å². The molecule has 1 aliphatic rings. The molecule has 158 valence electrons. The van der Waals surface area contributed by atoms with Gasteiger partial charge in [0.1, 0.15) is 5.78 Å². The second-order valence-corrected chi connectivity index (χ2v) is 7.18. The summed E-state index contributed by atoms with van der Waals surface area (Å²) in [7, 11) is 1.29. The smallest absolute Gasteiger partial charge is 0.336 e. The molecule has 1 atom stereocenters. The minimum atomic E-state index is -0.737. The van der Waals surface area contributed by atoms with Gasteiger partial charge in [0, 0.05) is 11.4 Å². The van der Waals surface area contributed by atoms with Crippen molar-refractivity contribution >= 4 is 40.9 Å². The lowest BCUT2D eigenvalue weighted by Gasteiger charge is -2.30. The van der Waals surface area contributed by atoms with Crippen LogP contribution in [0.25, 0.3) is 0 Å². The van der Waals surface area contributed by atoms with Gasteiger partial charge in [-0.2, -0.15) is 0 Å². The molecule has 1 aliphatic heterocycles. The highest BCUT2D eigenvalue weighted by atomic mass is 35.5. The van der Waals surface area contributed by atoms with Crippen molar-refractivity contribution in [2.75, 3.05) is 13.7 Å². The Morgan fingerprint density at radius 3 is 2.03 bits per heavy atom. The van der Waals surface area contributed by atoms with Crippen molar-refractivity contribution < 1.29 is 23.9 Å². The minimum Gasteiger partial charge on any atom is -0.466 e. The summed E-state index contributed by atoms with van der Waals surface area (Å²) in [6, 6.07) is 5.09. The first-order chi connectivity index (χ1) is 13.6. The zero-order valence-corrected chi connectivity index (χ0v) is 18.8. The highest BCUT2D eigenvalue weighted by molar-refractivity contribution is 6.42. The summed E-state index contributed by atoms with van der Waals surface area (Å²) < 4.78 is 10.1. The third-order valence-corrected chi connectivity index (χ3v) is 4.79. The number of dihydropyridines is 1. The molecule has 0 aromatic heterocycles. The van der Waals surface area contributed by atoms with Gasteiger partial charge in [-0.15, -0.1) is 0 Å². The van der Waals surface area contributed by atoms with Crippen LogP contribution in [0.5, 0.6) is 0 Å². The van der Waals surface area contributed by atoms with Crippen LogP contribution in [0.2, 0.25) is 10.0 Å². The van der Waals surface area contributed by atoms with Crippen LogP contribution in [0.15, 0.2) is 40.7 Å². The van der Waals surface area contributed by atoms with Gasteiger partial charge in [-0.25, -0.2) is 9.59 Å². The summed E-state index contributed by atoms with van der Waals surface area (Å²) in [5, 5.41) is 3.66. The van der Waals surface area contributed by atoms with Gasteiger partial charge in [0.15, 0.2) is 0 Å². The maximum atomic E-state index is 12.6. The van der Waals surface area contributed by atoms with E-state index in [9.17, 15) is 14.4 Å². The van der Waals surface area contributed by atoms with Crippen LogP contribution in [0.3, 0.4) is 0 Å². The Balaban J connectivity index is 0.000000960. The summed E-state index contributed by atoms with van der Waals surface area (Å²) in [6.07, 6.45) is 0. The standard InChI is InChI=1S/C18H19Cl2NO4.C3H6O/c1-5-25-18(23)14-10(3)21-9(2)13(17(22)24-4)15(14)11-7-6-8-12(19)16(11)20;1-3(2)4/h6-8,15,21H,5H2,1-4H3;1-2H3/t15-;/m1./s1. The third-order valence-electron chi connectivity index (χ3n) is 3.95. The average molecular weight is 442 g/mol. The number of carbonyl (C=O) groups excluding carboxylic acids is 3. The van der Waals surface area contributed by atoms with E-state index in [0.29, 0.717) is 33.1 Å². The van der Waals surface area contributed by atoms with Gasteiger partial charge < -0.3 is 19.6 Å². The number of methoxy groups -OCH3 is 1. The van der Waals surface area contributed by atoms with Crippen molar-refractivity contribution in [2.45, 2.75) is 40.5 Å². The average Bonchev–Trinajstić information content (AvgIpc) is 2.62. The number of hydrogen-bond donors (Lipinski definition) is 1. The van der Waals surface area contributed by atoms with Crippen LogP contribution in [0.4, 0.5) is 0 Å². The maximum absolute atomic E-state index is 12.6. The van der Waals surface area contributed by atoms with Crippen molar-refractivity contribution in [1.29, 1.82) is 0 Å².